The number of nitrogens with zero attached hydrogens (tertiary/aromatic N) is 1. The first-order valence-corrected chi connectivity index (χ1v) is 6.31. The van der Waals surface area contributed by atoms with Crippen molar-refractivity contribution in [2.45, 2.75) is 36.0 Å². The lowest BCUT2D eigenvalue weighted by Crippen LogP contribution is -2.60. The Hall–Kier alpha value is -0.770. The van der Waals surface area contributed by atoms with Crippen LogP contribution in [0.1, 0.15) is 0 Å². The van der Waals surface area contributed by atoms with Crippen LogP contribution in [-0.4, -0.2) is 58.4 Å². The van der Waals surface area contributed by atoms with Crippen molar-refractivity contribution in [2.75, 3.05) is 7.05 Å². The summed E-state index contributed by atoms with van der Waals surface area (Å²) in [5, 5.41) is 22.9. The molecule has 5 nitrogen and oxygen atoms in total. The van der Waals surface area contributed by atoms with Gasteiger partial charge in [-0.2, -0.15) is 13.2 Å². The van der Waals surface area contributed by atoms with Gasteiger partial charge in [0.25, 0.3) is 0 Å². The van der Waals surface area contributed by atoms with Crippen molar-refractivity contribution in [1.29, 1.82) is 0 Å². The third kappa shape index (κ3) is 2.60. The monoisotopic (exact) mass is 298 g/mol. The number of halogens is 3. The van der Waals surface area contributed by atoms with Gasteiger partial charge in [0.2, 0.25) is 0 Å². The van der Waals surface area contributed by atoms with Gasteiger partial charge in [-0.1, -0.05) is 18.3 Å². The molecule has 0 aromatic rings. The summed E-state index contributed by atoms with van der Waals surface area (Å²) >= 11 is 1.07. The van der Waals surface area contributed by atoms with Crippen LogP contribution in [0.2, 0.25) is 0 Å². The van der Waals surface area contributed by atoms with Gasteiger partial charge in [-0.15, -0.1) is 0 Å². The minimum Gasteiger partial charge on any atom is -0.388 e. The lowest BCUT2D eigenvalue weighted by atomic mass is 9.93. The van der Waals surface area contributed by atoms with Gasteiger partial charge in [0.15, 0.2) is 5.17 Å². The van der Waals surface area contributed by atoms with Crippen LogP contribution >= 0.6 is 11.8 Å². The van der Waals surface area contributed by atoms with E-state index >= 15 is 0 Å². The van der Waals surface area contributed by atoms with E-state index in [0.717, 1.165) is 11.8 Å². The molecule has 2 saturated heterocycles. The Morgan fingerprint density at radius 1 is 1.42 bits per heavy atom. The van der Waals surface area contributed by atoms with Gasteiger partial charge in [-0.05, 0) is 0 Å². The van der Waals surface area contributed by atoms with Crippen molar-refractivity contribution in [3.63, 3.8) is 0 Å². The van der Waals surface area contributed by atoms with Crippen molar-refractivity contribution in [3.8, 4) is 0 Å². The largest absolute Gasteiger partial charge is 0.414 e. The third-order valence-electron chi connectivity index (χ3n) is 3.03. The Morgan fingerprint density at radius 2 is 2.05 bits per heavy atom. The molecule has 5 atom stereocenters. The molecule has 2 aliphatic heterocycles. The highest BCUT2D eigenvalue weighted by molar-refractivity contribution is 8.14. The molecule has 2 aliphatic rings. The molecule has 2 rings (SSSR count). The van der Waals surface area contributed by atoms with Crippen LogP contribution in [-0.2, 0) is 4.74 Å². The molecule has 0 aliphatic carbocycles. The molecular weight excluding hydrogens is 285 g/mol. The van der Waals surface area contributed by atoms with E-state index in [1.54, 1.807) is 0 Å². The second kappa shape index (κ2) is 4.97. The molecule has 2 fully saturated rings. The third-order valence-corrected chi connectivity index (χ3v) is 4.19. The minimum absolute atomic E-state index is 0.444. The van der Waals surface area contributed by atoms with Gasteiger partial charge in [0, 0.05) is 7.05 Å². The maximum absolute atomic E-state index is 12.6. The maximum Gasteiger partial charge on any atom is 0.414 e. The Labute approximate surface area is 111 Å². The number of thioether (sulfide) groups is 1. The van der Waals surface area contributed by atoms with Crippen LogP contribution in [0.25, 0.3) is 0 Å². The first-order chi connectivity index (χ1) is 8.75. The molecule has 9 heteroatoms. The van der Waals surface area contributed by atoms with E-state index in [-0.39, 0.29) is 0 Å². The van der Waals surface area contributed by atoms with E-state index in [1.807, 2.05) is 0 Å². The number of hydrogen-bond donors (Lipinski definition) is 3. The fourth-order valence-electron chi connectivity index (χ4n) is 1.97. The molecule has 0 radical (unpaired) electrons. The summed E-state index contributed by atoms with van der Waals surface area (Å²) in [5.74, 6) is 0. The van der Waals surface area contributed by atoms with Gasteiger partial charge in [0.05, 0.1) is 11.6 Å². The zero-order valence-corrected chi connectivity index (χ0v) is 10.7. The van der Waals surface area contributed by atoms with Gasteiger partial charge >= 0.3 is 6.18 Å². The predicted molar refractivity (Wildman–Crippen MR) is 63.7 cm³/mol. The molecule has 0 spiro atoms. The lowest BCUT2D eigenvalue weighted by Gasteiger charge is -2.39. The average Bonchev–Trinajstić information content (AvgIpc) is 2.75. The van der Waals surface area contributed by atoms with E-state index in [2.05, 4.69) is 16.9 Å². The zero-order valence-electron chi connectivity index (χ0n) is 9.89. The number of fused-ring (bicyclic) bond motifs is 1. The van der Waals surface area contributed by atoms with Crippen molar-refractivity contribution >= 4 is 16.9 Å². The molecule has 0 saturated carbocycles. The fourth-order valence-corrected chi connectivity index (χ4v) is 3.05. The molecule has 0 amide bonds. The molecule has 2 heterocycles. The highest BCUT2D eigenvalue weighted by Crippen LogP contribution is 2.39. The molecule has 0 aromatic heterocycles. The molecule has 0 unspecified atom stereocenters. The first kappa shape index (κ1) is 14.6. The average molecular weight is 298 g/mol. The number of nitrogens with one attached hydrogen (secondary N) is 1. The number of rotatable bonds is 1. The van der Waals surface area contributed by atoms with E-state index in [9.17, 15) is 23.4 Å². The van der Waals surface area contributed by atoms with Crippen molar-refractivity contribution in [2.24, 2.45) is 4.99 Å². The summed E-state index contributed by atoms with van der Waals surface area (Å²) in [6.45, 7) is 2.91. The molecule has 0 aromatic carbocycles. The number of hydrogen-bond acceptors (Lipinski definition) is 5. The smallest absolute Gasteiger partial charge is 0.388 e. The summed E-state index contributed by atoms with van der Waals surface area (Å²) in [7, 11) is 1.50. The highest BCUT2D eigenvalue weighted by Gasteiger charge is 2.53. The quantitative estimate of drug-likeness (QED) is 0.605. The van der Waals surface area contributed by atoms with Gasteiger partial charge in [-0.3, -0.25) is 4.99 Å². The fraction of sp³-hybridized carbons (Fsp3) is 0.700. The van der Waals surface area contributed by atoms with Crippen LogP contribution in [0.3, 0.4) is 0 Å². The van der Waals surface area contributed by atoms with Crippen molar-refractivity contribution in [3.05, 3.63) is 12.2 Å². The zero-order chi connectivity index (χ0) is 14.4. The van der Waals surface area contributed by atoms with E-state index < -0.39 is 41.5 Å². The van der Waals surface area contributed by atoms with Gasteiger partial charge in [-0.25, -0.2) is 0 Å². The standard InChI is InChI=1S/C10H13F3N2O3S/c1-3(10(11,12)13)7-6(17)5(16)4-8(18-7)19-9(14-2)15-4/h4-8,16-17H,1H2,2H3,(H,14,15)/t4-,5-,6+,7-,8-/m1/s1. The highest BCUT2D eigenvalue weighted by atomic mass is 32.2. The van der Waals surface area contributed by atoms with Crippen LogP contribution in [0.5, 0.6) is 0 Å². The Balaban J connectivity index is 2.20. The first-order valence-electron chi connectivity index (χ1n) is 5.43. The summed E-state index contributed by atoms with van der Waals surface area (Å²) in [6.07, 6.45) is -9.45. The molecule has 3 N–H and O–H groups in total. The van der Waals surface area contributed by atoms with Gasteiger partial charge < -0.3 is 20.3 Å². The summed E-state index contributed by atoms with van der Waals surface area (Å²) < 4.78 is 43.0. The SMILES string of the molecule is C=C([C@H]1O[C@@H]2SC(=NC)N[C@@H]2[C@@H](O)[C@@H]1O)C(F)(F)F. The number of aliphatic hydroxyl groups is 2. The van der Waals surface area contributed by atoms with Crippen LogP contribution in [0, 0.1) is 0 Å². The van der Waals surface area contributed by atoms with E-state index in [0.29, 0.717) is 5.17 Å². The lowest BCUT2D eigenvalue weighted by molar-refractivity contribution is -0.172. The minimum atomic E-state index is -4.68. The van der Waals surface area contributed by atoms with Crippen molar-refractivity contribution in [1.82, 2.24) is 5.32 Å². The Kier molecular flexibility index (Phi) is 3.83. The number of amidine groups is 1. The van der Waals surface area contributed by atoms with Crippen LogP contribution in [0.4, 0.5) is 13.2 Å². The summed E-state index contributed by atoms with van der Waals surface area (Å²) in [4.78, 5) is 3.84. The summed E-state index contributed by atoms with van der Waals surface area (Å²) in [5.41, 5.74) is -1.96. The maximum atomic E-state index is 12.6. The van der Waals surface area contributed by atoms with E-state index in [4.69, 9.17) is 4.74 Å². The number of alkyl halides is 3. The molecule has 108 valence electrons. The Bertz CT molecular complexity index is 415. The van der Waals surface area contributed by atoms with Crippen molar-refractivity contribution < 1.29 is 28.1 Å². The second-order valence-corrected chi connectivity index (χ2v) is 5.33. The normalized spacial score (nSPS) is 40.9. The molecule has 0 bridgehead atoms. The molecular formula is C10H13F3N2O3S. The van der Waals surface area contributed by atoms with Crippen LogP contribution in [0.15, 0.2) is 17.1 Å². The second-order valence-electron chi connectivity index (χ2n) is 4.25. The molecule has 19 heavy (non-hydrogen) atoms. The predicted octanol–water partition coefficient (Wildman–Crippen LogP) is 0.242. The van der Waals surface area contributed by atoms with Crippen LogP contribution < -0.4 is 5.32 Å². The topological polar surface area (TPSA) is 74.1 Å². The number of aliphatic hydroxyl groups excluding tert-OH is 2. The van der Waals surface area contributed by atoms with E-state index in [1.165, 1.54) is 7.05 Å². The number of aliphatic imine (C=N–C) groups is 1. The number of ether oxygens (including phenoxy) is 1. The Morgan fingerprint density at radius 3 is 2.58 bits per heavy atom. The summed E-state index contributed by atoms with van der Waals surface area (Å²) in [6, 6.07) is -0.698. The van der Waals surface area contributed by atoms with Gasteiger partial charge in [0.1, 0.15) is 23.7 Å².